The van der Waals surface area contributed by atoms with Crippen molar-refractivity contribution in [2.75, 3.05) is 10.6 Å². The van der Waals surface area contributed by atoms with Gasteiger partial charge in [-0.25, -0.2) is 4.68 Å². The Morgan fingerprint density at radius 2 is 1.31 bits per heavy atom. The van der Waals surface area contributed by atoms with E-state index in [1.54, 1.807) is 4.68 Å². The van der Waals surface area contributed by atoms with Gasteiger partial charge in [0, 0.05) is 21.5 Å². The Hall–Kier alpha value is -3.26. The third kappa shape index (κ3) is 4.60. The summed E-state index contributed by atoms with van der Waals surface area (Å²) in [6.45, 7) is 5.96. The highest BCUT2D eigenvalue weighted by Gasteiger charge is 2.12. The summed E-state index contributed by atoms with van der Waals surface area (Å²) in [6.07, 6.45) is 0. The molecular formula is C21H20BrN7. The molecule has 0 saturated heterocycles. The number of halogens is 1. The number of hydrogen-bond donors (Lipinski definition) is 2. The fourth-order valence-electron chi connectivity index (χ4n) is 2.83. The van der Waals surface area contributed by atoms with Gasteiger partial charge in [-0.1, -0.05) is 33.6 Å². The van der Waals surface area contributed by atoms with E-state index >= 15 is 0 Å². The maximum Gasteiger partial charge on any atom is 0.257 e. The highest BCUT2D eigenvalue weighted by Crippen LogP contribution is 2.21. The molecule has 29 heavy (non-hydrogen) atoms. The smallest absolute Gasteiger partial charge is 0.257 e. The van der Waals surface area contributed by atoms with E-state index in [4.69, 9.17) is 0 Å². The number of hydrogen-bond acceptors (Lipinski definition) is 6. The largest absolute Gasteiger partial charge is 0.324 e. The van der Waals surface area contributed by atoms with E-state index in [1.807, 2.05) is 75.4 Å². The minimum atomic E-state index is 0.430. The normalized spacial score (nSPS) is 10.8. The first-order valence-corrected chi connectivity index (χ1v) is 9.91. The molecule has 8 heteroatoms. The van der Waals surface area contributed by atoms with Crippen molar-refractivity contribution < 1.29 is 0 Å². The van der Waals surface area contributed by atoms with E-state index < -0.39 is 0 Å². The van der Waals surface area contributed by atoms with Crippen molar-refractivity contribution in [1.29, 1.82) is 0 Å². The number of nitrogens with zero attached hydrogens (tertiary/aromatic N) is 5. The molecule has 0 radical (unpaired) electrons. The van der Waals surface area contributed by atoms with Crippen LogP contribution >= 0.6 is 15.9 Å². The minimum absolute atomic E-state index is 0.430. The summed E-state index contributed by atoms with van der Waals surface area (Å²) >= 11 is 3.45. The lowest BCUT2D eigenvalue weighted by Gasteiger charge is -2.11. The summed E-state index contributed by atoms with van der Waals surface area (Å²) in [5.41, 5.74) is 4.81. The van der Waals surface area contributed by atoms with Gasteiger partial charge >= 0.3 is 0 Å². The molecule has 4 aromatic rings. The highest BCUT2D eigenvalue weighted by molar-refractivity contribution is 9.10. The second-order valence-electron chi connectivity index (χ2n) is 6.74. The molecule has 2 aromatic carbocycles. The van der Waals surface area contributed by atoms with E-state index in [0.717, 1.165) is 27.2 Å². The predicted octanol–water partition coefficient (Wildman–Crippen LogP) is 5.23. The van der Waals surface area contributed by atoms with E-state index in [-0.39, 0.29) is 0 Å². The topological polar surface area (TPSA) is 80.5 Å². The molecule has 0 unspecified atom stereocenters. The van der Waals surface area contributed by atoms with E-state index in [0.29, 0.717) is 17.8 Å². The number of rotatable bonds is 5. The molecule has 2 aromatic heterocycles. The molecule has 0 aliphatic heterocycles. The summed E-state index contributed by atoms with van der Waals surface area (Å²) in [4.78, 5) is 13.7. The zero-order valence-corrected chi connectivity index (χ0v) is 17.9. The Kier molecular flexibility index (Phi) is 5.26. The molecule has 0 aliphatic carbocycles. The quantitative estimate of drug-likeness (QED) is 0.433. The van der Waals surface area contributed by atoms with Crippen LogP contribution in [0.15, 0.2) is 59.1 Å². The van der Waals surface area contributed by atoms with Crippen molar-refractivity contribution in [3.8, 4) is 5.95 Å². The van der Waals surface area contributed by atoms with Crippen LogP contribution in [-0.4, -0.2) is 24.7 Å². The second kappa shape index (κ2) is 8.00. The van der Waals surface area contributed by atoms with E-state index in [1.165, 1.54) is 5.56 Å². The molecule has 0 fully saturated rings. The molecule has 0 atom stereocenters. The van der Waals surface area contributed by atoms with Gasteiger partial charge in [0.25, 0.3) is 5.95 Å². The number of aromatic nitrogens is 5. The molecule has 7 nitrogen and oxygen atoms in total. The van der Waals surface area contributed by atoms with Crippen molar-refractivity contribution in [3.05, 3.63) is 76.0 Å². The number of anilines is 4. The van der Waals surface area contributed by atoms with Crippen LogP contribution in [0.5, 0.6) is 0 Å². The van der Waals surface area contributed by atoms with Crippen molar-refractivity contribution in [3.63, 3.8) is 0 Å². The van der Waals surface area contributed by atoms with Gasteiger partial charge in [-0.05, 0) is 63.2 Å². The van der Waals surface area contributed by atoms with Gasteiger partial charge in [0.05, 0.1) is 5.69 Å². The third-order valence-electron chi connectivity index (χ3n) is 4.23. The predicted molar refractivity (Wildman–Crippen MR) is 118 cm³/mol. The zero-order chi connectivity index (χ0) is 20.4. The molecule has 2 heterocycles. The van der Waals surface area contributed by atoms with Crippen LogP contribution in [0.25, 0.3) is 5.95 Å². The van der Waals surface area contributed by atoms with Crippen molar-refractivity contribution in [2.45, 2.75) is 20.8 Å². The van der Waals surface area contributed by atoms with Gasteiger partial charge in [-0.15, -0.1) is 0 Å². The van der Waals surface area contributed by atoms with Crippen molar-refractivity contribution in [2.24, 2.45) is 0 Å². The molecule has 2 N–H and O–H groups in total. The Morgan fingerprint density at radius 1 is 0.759 bits per heavy atom. The van der Waals surface area contributed by atoms with Crippen LogP contribution in [0.1, 0.15) is 17.0 Å². The highest BCUT2D eigenvalue weighted by atomic mass is 79.9. The summed E-state index contributed by atoms with van der Waals surface area (Å²) in [6, 6.07) is 17.8. The Balaban J connectivity index is 1.73. The van der Waals surface area contributed by atoms with Gasteiger partial charge in [0.2, 0.25) is 11.9 Å². The Labute approximate surface area is 177 Å². The molecule has 0 spiro atoms. The van der Waals surface area contributed by atoms with Crippen LogP contribution in [0.3, 0.4) is 0 Å². The van der Waals surface area contributed by atoms with Gasteiger partial charge in [0.1, 0.15) is 0 Å². The van der Waals surface area contributed by atoms with Gasteiger partial charge in [-0.2, -0.15) is 20.1 Å². The van der Waals surface area contributed by atoms with Crippen LogP contribution in [0.2, 0.25) is 0 Å². The Bertz CT molecular complexity index is 1070. The lowest BCUT2D eigenvalue weighted by Crippen LogP contribution is -2.11. The molecule has 0 bridgehead atoms. The maximum absolute atomic E-state index is 4.57. The van der Waals surface area contributed by atoms with Crippen molar-refractivity contribution in [1.82, 2.24) is 24.7 Å². The first kappa shape index (κ1) is 19.1. The fourth-order valence-corrected chi connectivity index (χ4v) is 3.10. The third-order valence-corrected chi connectivity index (χ3v) is 4.76. The molecule has 4 rings (SSSR count). The van der Waals surface area contributed by atoms with Crippen LogP contribution in [-0.2, 0) is 0 Å². The molecule has 0 aliphatic rings. The first-order valence-electron chi connectivity index (χ1n) is 9.12. The lowest BCUT2D eigenvalue weighted by atomic mass is 10.2. The Morgan fingerprint density at radius 3 is 1.83 bits per heavy atom. The number of benzene rings is 2. The zero-order valence-electron chi connectivity index (χ0n) is 16.3. The summed E-state index contributed by atoms with van der Waals surface area (Å²) in [5.74, 6) is 1.31. The second-order valence-corrected chi connectivity index (χ2v) is 7.66. The number of nitrogens with one attached hydrogen (secondary N) is 2. The summed E-state index contributed by atoms with van der Waals surface area (Å²) in [7, 11) is 0. The van der Waals surface area contributed by atoms with E-state index in [2.05, 4.69) is 46.6 Å². The molecule has 146 valence electrons. The summed E-state index contributed by atoms with van der Waals surface area (Å²) < 4.78 is 2.72. The monoisotopic (exact) mass is 449 g/mol. The van der Waals surface area contributed by atoms with Gasteiger partial charge in [-0.3, -0.25) is 0 Å². The van der Waals surface area contributed by atoms with Crippen LogP contribution < -0.4 is 10.6 Å². The van der Waals surface area contributed by atoms with Crippen molar-refractivity contribution >= 4 is 39.2 Å². The molecular weight excluding hydrogens is 430 g/mol. The maximum atomic E-state index is 4.57. The SMILES string of the molecule is Cc1ccc(Nc2nc(Nc3ccc(Br)cc3)nc(-n3nc(C)cc3C)n2)cc1. The van der Waals surface area contributed by atoms with Crippen LogP contribution in [0, 0.1) is 20.8 Å². The first-order chi connectivity index (χ1) is 14.0. The number of aryl methyl sites for hydroxylation is 3. The van der Waals surface area contributed by atoms with Gasteiger partial charge in [0.15, 0.2) is 0 Å². The van der Waals surface area contributed by atoms with Crippen LogP contribution in [0.4, 0.5) is 23.3 Å². The summed E-state index contributed by atoms with van der Waals surface area (Å²) in [5, 5.41) is 11.0. The molecule has 0 saturated carbocycles. The lowest BCUT2D eigenvalue weighted by molar-refractivity contribution is 0.768. The molecule has 0 amide bonds. The standard InChI is InChI=1S/C21H20BrN7/c1-13-4-8-17(9-5-13)23-19-25-20(24-18-10-6-16(22)7-11-18)27-21(26-19)29-15(3)12-14(2)28-29/h4-12H,1-3H3,(H2,23,24,25,26,27). The average molecular weight is 450 g/mol. The average Bonchev–Trinajstić information content (AvgIpc) is 3.03. The fraction of sp³-hybridized carbons (Fsp3) is 0.143. The van der Waals surface area contributed by atoms with E-state index in [9.17, 15) is 0 Å². The van der Waals surface area contributed by atoms with Gasteiger partial charge < -0.3 is 10.6 Å². The minimum Gasteiger partial charge on any atom is -0.324 e.